The summed E-state index contributed by atoms with van der Waals surface area (Å²) in [6.07, 6.45) is 3.94. The van der Waals surface area contributed by atoms with E-state index in [-0.39, 0.29) is 5.91 Å². The maximum Gasteiger partial charge on any atom is 0.219 e. The van der Waals surface area contributed by atoms with Crippen LogP contribution in [0.5, 0.6) is 5.75 Å². The number of aromatic amines is 1. The molecule has 1 N–H and O–H groups in total. The SMILES string of the molecule is COc1ccccc1CN(CCCc1c[nH]c2ccccc12)C(C)=O. The van der Waals surface area contributed by atoms with Crippen LogP contribution in [0.3, 0.4) is 0 Å². The fraction of sp³-hybridized carbons (Fsp3) is 0.286. The summed E-state index contributed by atoms with van der Waals surface area (Å²) < 4.78 is 5.40. The van der Waals surface area contributed by atoms with E-state index in [1.165, 1.54) is 10.9 Å². The number of amides is 1. The van der Waals surface area contributed by atoms with E-state index >= 15 is 0 Å². The zero-order valence-electron chi connectivity index (χ0n) is 14.8. The van der Waals surface area contributed by atoms with Gasteiger partial charge in [-0.2, -0.15) is 0 Å². The highest BCUT2D eigenvalue weighted by atomic mass is 16.5. The molecule has 0 saturated heterocycles. The number of benzene rings is 2. The van der Waals surface area contributed by atoms with E-state index in [9.17, 15) is 4.79 Å². The van der Waals surface area contributed by atoms with E-state index in [2.05, 4.69) is 29.4 Å². The normalized spacial score (nSPS) is 10.8. The lowest BCUT2D eigenvalue weighted by Crippen LogP contribution is -2.29. The molecule has 1 heterocycles. The van der Waals surface area contributed by atoms with Gasteiger partial charge in [-0.25, -0.2) is 0 Å². The van der Waals surface area contributed by atoms with Gasteiger partial charge < -0.3 is 14.6 Å². The highest BCUT2D eigenvalue weighted by Gasteiger charge is 2.12. The molecule has 3 aromatic rings. The summed E-state index contributed by atoms with van der Waals surface area (Å²) in [6.45, 7) is 2.93. The molecule has 0 atom stereocenters. The van der Waals surface area contributed by atoms with Crippen LogP contribution >= 0.6 is 0 Å². The fourth-order valence-electron chi connectivity index (χ4n) is 3.19. The van der Waals surface area contributed by atoms with Crippen molar-refractivity contribution < 1.29 is 9.53 Å². The Hall–Kier alpha value is -2.75. The molecule has 0 saturated carbocycles. The number of fused-ring (bicyclic) bond motifs is 1. The predicted molar refractivity (Wildman–Crippen MR) is 101 cm³/mol. The third-order valence-electron chi connectivity index (χ3n) is 4.55. The molecule has 2 aromatic carbocycles. The van der Waals surface area contributed by atoms with E-state index in [0.29, 0.717) is 6.54 Å². The summed E-state index contributed by atoms with van der Waals surface area (Å²) in [5, 5.41) is 1.27. The van der Waals surface area contributed by atoms with Gasteiger partial charge in [-0.3, -0.25) is 4.79 Å². The molecule has 0 aliphatic heterocycles. The third kappa shape index (κ3) is 4.02. The topological polar surface area (TPSA) is 45.3 Å². The molecule has 1 amide bonds. The van der Waals surface area contributed by atoms with Crippen LogP contribution in [0.2, 0.25) is 0 Å². The minimum absolute atomic E-state index is 0.0878. The molecule has 4 heteroatoms. The zero-order chi connectivity index (χ0) is 17.6. The van der Waals surface area contributed by atoms with Crippen LogP contribution in [0.15, 0.2) is 54.7 Å². The van der Waals surface area contributed by atoms with Crippen molar-refractivity contribution in [3.05, 3.63) is 65.9 Å². The van der Waals surface area contributed by atoms with Crippen molar-refractivity contribution in [3.8, 4) is 5.75 Å². The molecule has 0 spiro atoms. The highest BCUT2D eigenvalue weighted by Crippen LogP contribution is 2.21. The van der Waals surface area contributed by atoms with Crippen LogP contribution in [-0.2, 0) is 17.8 Å². The Morgan fingerprint density at radius 2 is 1.84 bits per heavy atom. The number of hydrogen-bond acceptors (Lipinski definition) is 2. The highest BCUT2D eigenvalue weighted by molar-refractivity contribution is 5.83. The zero-order valence-corrected chi connectivity index (χ0v) is 14.8. The van der Waals surface area contributed by atoms with Crippen molar-refractivity contribution in [2.45, 2.75) is 26.3 Å². The van der Waals surface area contributed by atoms with E-state index in [4.69, 9.17) is 4.74 Å². The van der Waals surface area contributed by atoms with Crippen LogP contribution in [-0.4, -0.2) is 29.4 Å². The number of nitrogens with one attached hydrogen (secondary N) is 1. The van der Waals surface area contributed by atoms with Gasteiger partial charge in [0.15, 0.2) is 0 Å². The molecule has 0 bridgehead atoms. The van der Waals surface area contributed by atoms with Crippen molar-refractivity contribution >= 4 is 16.8 Å². The summed E-state index contributed by atoms with van der Waals surface area (Å²) in [5.41, 5.74) is 3.50. The average Bonchev–Trinajstić information content (AvgIpc) is 3.04. The van der Waals surface area contributed by atoms with E-state index < -0.39 is 0 Å². The lowest BCUT2D eigenvalue weighted by molar-refractivity contribution is -0.129. The minimum atomic E-state index is 0.0878. The van der Waals surface area contributed by atoms with Crippen LogP contribution < -0.4 is 4.74 Å². The number of ether oxygens (including phenoxy) is 1. The lowest BCUT2D eigenvalue weighted by atomic mass is 10.1. The second kappa shape index (κ2) is 7.88. The van der Waals surface area contributed by atoms with Gasteiger partial charge in [0.25, 0.3) is 0 Å². The molecule has 0 fully saturated rings. The van der Waals surface area contributed by atoms with Gasteiger partial charge in [-0.1, -0.05) is 36.4 Å². The maximum atomic E-state index is 12.0. The van der Waals surface area contributed by atoms with Gasteiger partial charge in [-0.05, 0) is 30.5 Å². The van der Waals surface area contributed by atoms with Gasteiger partial charge in [0.2, 0.25) is 5.91 Å². The number of para-hydroxylation sites is 2. The lowest BCUT2D eigenvalue weighted by Gasteiger charge is -2.22. The number of nitrogens with zero attached hydrogens (tertiary/aromatic N) is 1. The van der Waals surface area contributed by atoms with Crippen molar-refractivity contribution in [3.63, 3.8) is 0 Å². The van der Waals surface area contributed by atoms with E-state index in [1.54, 1.807) is 14.0 Å². The second-order valence-electron chi connectivity index (χ2n) is 6.22. The molecule has 0 unspecified atom stereocenters. The quantitative estimate of drug-likeness (QED) is 0.704. The monoisotopic (exact) mass is 336 g/mol. The fourth-order valence-corrected chi connectivity index (χ4v) is 3.19. The summed E-state index contributed by atoms with van der Waals surface area (Å²) >= 11 is 0. The van der Waals surface area contributed by atoms with Gasteiger partial charge in [-0.15, -0.1) is 0 Å². The second-order valence-corrected chi connectivity index (χ2v) is 6.22. The Balaban J connectivity index is 1.63. The Morgan fingerprint density at radius 3 is 2.64 bits per heavy atom. The number of aryl methyl sites for hydroxylation is 1. The van der Waals surface area contributed by atoms with Crippen LogP contribution in [0.1, 0.15) is 24.5 Å². The summed E-state index contributed by atoms with van der Waals surface area (Å²) in [6, 6.07) is 16.2. The molecule has 25 heavy (non-hydrogen) atoms. The molecular formula is C21H24N2O2. The standard InChI is InChI=1S/C21H24N2O2/c1-16(24)23(15-18-8-3-6-12-21(18)25-2)13-7-9-17-14-22-20-11-5-4-10-19(17)20/h3-6,8,10-12,14,22H,7,9,13,15H2,1-2H3. The molecular weight excluding hydrogens is 312 g/mol. The Labute approximate surface area is 148 Å². The van der Waals surface area contributed by atoms with Crippen LogP contribution in [0, 0.1) is 0 Å². The third-order valence-corrected chi connectivity index (χ3v) is 4.55. The first-order valence-corrected chi connectivity index (χ1v) is 8.61. The summed E-state index contributed by atoms with van der Waals surface area (Å²) in [7, 11) is 1.66. The number of hydrogen-bond donors (Lipinski definition) is 1. The van der Waals surface area contributed by atoms with Gasteiger partial charge in [0, 0.05) is 42.7 Å². The van der Waals surface area contributed by atoms with E-state index in [0.717, 1.165) is 36.2 Å². The van der Waals surface area contributed by atoms with Crippen molar-refractivity contribution in [1.29, 1.82) is 0 Å². The first kappa shape index (κ1) is 17.1. The Kier molecular flexibility index (Phi) is 5.39. The number of carbonyl (C=O) groups is 1. The summed E-state index contributed by atoms with van der Waals surface area (Å²) in [5.74, 6) is 0.912. The molecule has 1 aromatic heterocycles. The van der Waals surface area contributed by atoms with Crippen LogP contribution in [0.25, 0.3) is 10.9 Å². The smallest absolute Gasteiger partial charge is 0.219 e. The number of carbonyl (C=O) groups excluding carboxylic acids is 1. The predicted octanol–water partition coefficient (Wildman–Crippen LogP) is 4.16. The van der Waals surface area contributed by atoms with Gasteiger partial charge in [0.1, 0.15) is 5.75 Å². The minimum Gasteiger partial charge on any atom is -0.496 e. The number of H-pyrrole nitrogens is 1. The number of aromatic nitrogens is 1. The van der Waals surface area contributed by atoms with Gasteiger partial charge in [0.05, 0.1) is 7.11 Å². The molecule has 0 radical (unpaired) electrons. The molecule has 3 rings (SSSR count). The van der Waals surface area contributed by atoms with Gasteiger partial charge >= 0.3 is 0 Å². The van der Waals surface area contributed by atoms with Crippen molar-refractivity contribution in [1.82, 2.24) is 9.88 Å². The number of rotatable bonds is 7. The molecule has 130 valence electrons. The maximum absolute atomic E-state index is 12.0. The molecule has 0 aliphatic rings. The first-order valence-electron chi connectivity index (χ1n) is 8.61. The van der Waals surface area contributed by atoms with Crippen molar-refractivity contribution in [2.24, 2.45) is 0 Å². The van der Waals surface area contributed by atoms with E-state index in [1.807, 2.05) is 35.2 Å². The molecule has 4 nitrogen and oxygen atoms in total. The number of methoxy groups -OCH3 is 1. The average molecular weight is 336 g/mol. The Bertz CT molecular complexity index is 854. The van der Waals surface area contributed by atoms with Crippen molar-refractivity contribution in [2.75, 3.05) is 13.7 Å². The molecule has 0 aliphatic carbocycles. The van der Waals surface area contributed by atoms with Crippen LogP contribution in [0.4, 0.5) is 0 Å². The summed E-state index contributed by atoms with van der Waals surface area (Å²) in [4.78, 5) is 17.2. The Morgan fingerprint density at radius 1 is 1.08 bits per heavy atom. The largest absolute Gasteiger partial charge is 0.496 e. The first-order chi connectivity index (χ1) is 12.2.